The van der Waals surface area contributed by atoms with E-state index in [9.17, 15) is 43.2 Å². The summed E-state index contributed by atoms with van der Waals surface area (Å²) in [6, 6.07) is 0. The molecule has 0 rings (SSSR count). The average Bonchev–Trinajstić information content (AvgIpc) is 3.60. The minimum Gasteiger partial charge on any atom is -0.462 e. The van der Waals surface area contributed by atoms with Crippen LogP contribution in [0.4, 0.5) is 0 Å². The van der Waals surface area contributed by atoms with Crippen molar-refractivity contribution in [3.63, 3.8) is 0 Å². The molecule has 546 valence electrons. The van der Waals surface area contributed by atoms with Gasteiger partial charge in [-0.1, -0.05) is 330 Å². The first kappa shape index (κ1) is 90.1. The molecule has 0 aliphatic heterocycles. The SMILES string of the molecule is CCCCCCCCCCCCCCCCCCCCC(=O)OC[C@H](COP(=O)(O)OC[C@@H](O)COP(=O)(O)OC[C@@H](COC(=O)CCCCCCCCCC)OC(=O)CCCCCCCCCC)OC(=O)CCCCCCCCCCCCCCCCC(C)CC. The van der Waals surface area contributed by atoms with Crippen molar-refractivity contribution < 1.29 is 80.2 Å². The second kappa shape index (κ2) is 66.3. The second-order valence-corrected chi connectivity index (χ2v) is 29.5. The lowest BCUT2D eigenvalue weighted by Crippen LogP contribution is -2.30. The average molecular weight is 1350 g/mol. The van der Waals surface area contributed by atoms with Crippen molar-refractivity contribution >= 4 is 39.5 Å². The van der Waals surface area contributed by atoms with E-state index in [4.69, 9.17) is 37.0 Å². The number of aliphatic hydroxyl groups is 1. The Balaban J connectivity index is 5.16. The van der Waals surface area contributed by atoms with Gasteiger partial charge in [0.1, 0.15) is 19.3 Å². The van der Waals surface area contributed by atoms with E-state index in [0.29, 0.717) is 25.7 Å². The van der Waals surface area contributed by atoms with Crippen LogP contribution in [0.15, 0.2) is 0 Å². The molecule has 19 heteroatoms. The van der Waals surface area contributed by atoms with Gasteiger partial charge in [0.15, 0.2) is 12.2 Å². The quantitative estimate of drug-likeness (QED) is 0.0222. The van der Waals surface area contributed by atoms with Gasteiger partial charge in [0.25, 0.3) is 0 Å². The molecule has 0 heterocycles. The van der Waals surface area contributed by atoms with Crippen LogP contribution < -0.4 is 0 Å². The van der Waals surface area contributed by atoms with E-state index in [2.05, 4.69) is 34.6 Å². The third-order valence-electron chi connectivity index (χ3n) is 17.4. The van der Waals surface area contributed by atoms with Crippen LogP contribution in [0.5, 0.6) is 0 Å². The second-order valence-electron chi connectivity index (χ2n) is 26.6. The summed E-state index contributed by atoms with van der Waals surface area (Å²) >= 11 is 0. The zero-order valence-corrected chi connectivity index (χ0v) is 61.5. The normalized spacial score (nSPS) is 14.3. The van der Waals surface area contributed by atoms with Gasteiger partial charge in [0.2, 0.25) is 0 Å². The fourth-order valence-electron chi connectivity index (χ4n) is 11.1. The van der Waals surface area contributed by atoms with Gasteiger partial charge in [-0.3, -0.25) is 37.3 Å². The molecule has 0 aliphatic rings. The van der Waals surface area contributed by atoms with E-state index in [1.807, 2.05) is 0 Å². The maximum absolute atomic E-state index is 13.1. The van der Waals surface area contributed by atoms with E-state index in [-0.39, 0.29) is 25.7 Å². The van der Waals surface area contributed by atoms with Crippen LogP contribution in [-0.2, 0) is 65.4 Å². The molecule has 0 radical (unpaired) electrons. The Morgan fingerprint density at radius 3 is 0.772 bits per heavy atom. The number of esters is 4. The zero-order chi connectivity index (χ0) is 67.7. The summed E-state index contributed by atoms with van der Waals surface area (Å²) in [6.07, 6.45) is 54.2. The van der Waals surface area contributed by atoms with Gasteiger partial charge in [0.05, 0.1) is 26.4 Å². The Labute approximate surface area is 562 Å². The molecule has 0 saturated heterocycles. The molecule has 92 heavy (non-hydrogen) atoms. The first-order valence-corrected chi connectivity index (χ1v) is 41.2. The molecule has 0 bridgehead atoms. The number of hydrogen-bond donors (Lipinski definition) is 3. The van der Waals surface area contributed by atoms with E-state index in [0.717, 1.165) is 109 Å². The maximum Gasteiger partial charge on any atom is 0.472 e. The van der Waals surface area contributed by atoms with Crippen molar-refractivity contribution in [2.45, 2.75) is 400 Å². The summed E-state index contributed by atoms with van der Waals surface area (Å²) in [4.78, 5) is 72.5. The third kappa shape index (κ3) is 65.4. The maximum atomic E-state index is 13.1. The molecule has 0 amide bonds. The molecular formula is C73H142O17P2. The van der Waals surface area contributed by atoms with E-state index >= 15 is 0 Å². The molecule has 0 aromatic rings. The van der Waals surface area contributed by atoms with Crippen LogP contribution >= 0.6 is 15.6 Å². The number of carbonyl (C=O) groups excluding carboxylic acids is 4. The smallest absolute Gasteiger partial charge is 0.462 e. The van der Waals surface area contributed by atoms with Crippen molar-refractivity contribution in [1.29, 1.82) is 0 Å². The number of carbonyl (C=O) groups is 4. The fraction of sp³-hybridized carbons (Fsp3) is 0.945. The molecular weight excluding hydrogens is 1210 g/mol. The standard InChI is InChI=1S/C73H142O17P2/c1-6-10-13-16-19-22-23-24-25-26-27-28-32-35-38-43-47-52-57-71(76)84-63-69(90-73(78)59-54-49-44-39-36-33-30-29-31-34-37-40-45-50-55-66(5)9-4)65-88-92(81,82)86-61-67(74)60-85-91(79,80)87-64-68(89-72(77)58-53-48-42-21-18-15-12-8-3)62-83-70(75)56-51-46-41-20-17-14-11-7-2/h66-69,74H,6-65H2,1-5H3,(H,79,80)(H,81,82)/t66?,67-,68+,69+/m0/s1. The van der Waals surface area contributed by atoms with Crippen molar-refractivity contribution in [2.24, 2.45) is 5.92 Å². The molecule has 0 spiro atoms. The first-order chi connectivity index (χ1) is 44.6. The highest BCUT2D eigenvalue weighted by molar-refractivity contribution is 7.47. The number of hydrogen-bond acceptors (Lipinski definition) is 15. The summed E-state index contributed by atoms with van der Waals surface area (Å²) in [6.45, 7) is 7.27. The highest BCUT2D eigenvalue weighted by Crippen LogP contribution is 2.45. The highest BCUT2D eigenvalue weighted by atomic mass is 31.2. The van der Waals surface area contributed by atoms with Gasteiger partial charge < -0.3 is 33.8 Å². The van der Waals surface area contributed by atoms with Gasteiger partial charge in [0, 0.05) is 25.7 Å². The Hall–Kier alpha value is -1.94. The lowest BCUT2D eigenvalue weighted by molar-refractivity contribution is -0.161. The van der Waals surface area contributed by atoms with Gasteiger partial charge in [-0.25, -0.2) is 9.13 Å². The summed E-state index contributed by atoms with van der Waals surface area (Å²) in [5.74, 6) is -1.28. The van der Waals surface area contributed by atoms with Gasteiger partial charge in [-0.2, -0.15) is 0 Å². The van der Waals surface area contributed by atoms with E-state index in [1.54, 1.807) is 0 Å². The fourth-order valence-corrected chi connectivity index (χ4v) is 12.7. The monoisotopic (exact) mass is 1350 g/mol. The van der Waals surface area contributed by atoms with Crippen molar-refractivity contribution in [1.82, 2.24) is 0 Å². The summed E-state index contributed by atoms with van der Waals surface area (Å²) in [5, 5.41) is 10.6. The van der Waals surface area contributed by atoms with E-state index in [1.165, 1.54) is 193 Å². The first-order valence-electron chi connectivity index (χ1n) is 38.2. The Bertz CT molecular complexity index is 1770. The van der Waals surface area contributed by atoms with Gasteiger partial charge >= 0.3 is 39.5 Å². The Morgan fingerprint density at radius 1 is 0.304 bits per heavy atom. The molecule has 0 fully saturated rings. The van der Waals surface area contributed by atoms with Crippen LogP contribution in [-0.4, -0.2) is 96.7 Å². The number of rotatable bonds is 73. The lowest BCUT2D eigenvalue weighted by atomic mass is 9.99. The Morgan fingerprint density at radius 2 is 0.522 bits per heavy atom. The highest BCUT2D eigenvalue weighted by Gasteiger charge is 2.30. The van der Waals surface area contributed by atoms with E-state index < -0.39 is 97.5 Å². The minimum atomic E-state index is -4.95. The molecule has 3 N–H and O–H groups in total. The molecule has 0 aromatic carbocycles. The molecule has 6 atom stereocenters. The predicted octanol–water partition coefficient (Wildman–Crippen LogP) is 21.3. The molecule has 17 nitrogen and oxygen atoms in total. The number of unbranched alkanes of at least 4 members (excludes halogenated alkanes) is 44. The number of ether oxygens (including phenoxy) is 4. The largest absolute Gasteiger partial charge is 0.472 e. The van der Waals surface area contributed by atoms with Crippen molar-refractivity contribution in [3.05, 3.63) is 0 Å². The number of phosphoric acid groups is 2. The van der Waals surface area contributed by atoms with Gasteiger partial charge in [-0.05, 0) is 31.6 Å². The predicted molar refractivity (Wildman–Crippen MR) is 372 cm³/mol. The number of aliphatic hydroxyl groups excluding tert-OH is 1. The molecule has 0 aromatic heterocycles. The van der Waals surface area contributed by atoms with Crippen LogP contribution in [0, 0.1) is 5.92 Å². The van der Waals surface area contributed by atoms with Gasteiger partial charge in [-0.15, -0.1) is 0 Å². The number of phosphoric ester groups is 2. The van der Waals surface area contributed by atoms with Crippen LogP contribution in [0.2, 0.25) is 0 Å². The van der Waals surface area contributed by atoms with Crippen LogP contribution in [0.25, 0.3) is 0 Å². The Kier molecular flexibility index (Phi) is 64.9. The summed E-state index contributed by atoms with van der Waals surface area (Å²) in [5.41, 5.74) is 0. The van der Waals surface area contributed by atoms with Crippen LogP contribution in [0.3, 0.4) is 0 Å². The van der Waals surface area contributed by atoms with Crippen molar-refractivity contribution in [3.8, 4) is 0 Å². The lowest BCUT2D eigenvalue weighted by Gasteiger charge is -2.21. The molecule has 0 saturated carbocycles. The minimum absolute atomic E-state index is 0.105. The summed E-state index contributed by atoms with van der Waals surface area (Å²) in [7, 11) is -9.89. The molecule has 0 aliphatic carbocycles. The molecule has 3 unspecified atom stereocenters. The zero-order valence-electron chi connectivity index (χ0n) is 59.7. The third-order valence-corrected chi connectivity index (χ3v) is 19.3. The summed E-state index contributed by atoms with van der Waals surface area (Å²) < 4.78 is 68.2. The van der Waals surface area contributed by atoms with Crippen LogP contribution in [0.1, 0.15) is 381 Å². The van der Waals surface area contributed by atoms with Crippen molar-refractivity contribution in [2.75, 3.05) is 39.6 Å². The topological polar surface area (TPSA) is 237 Å².